The molecule has 126 valence electrons. The van der Waals surface area contributed by atoms with Crippen molar-refractivity contribution in [3.8, 4) is 5.75 Å². The smallest absolute Gasteiger partial charge is 0.282 e. The molecule has 0 aromatic heterocycles. The van der Waals surface area contributed by atoms with Crippen LogP contribution in [0.25, 0.3) is 6.08 Å². The molecule has 1 saturated heterocycles. The van der Waals surface area contributed by atoms with E-state index in [0.717, 1.165) is 29.3 Å². The number of nitrogens with one attached hydrogen (secondary N) is 1. The lowest BCUT2D eigenvalue weighted by atomic mass is 10.1. The predicted octanol–water partition coefficient (Wildman–Crippen LogP) is 2.42. The first-order chi connectivity index (χ1) is 11.9. The maximum Gasteiger partial charge on any atom is 0.282 e. The number of hydrogen-bond donors (Lipinski definition) is 2. The summed E-state index contributed by atoms with van der Waals surface area (Å²) in [7, 11) is 0. The molecule has 1 aliphatic rings. The second kappa shape index (κ2) is 6.25. The topological polar surface area (TPSA) is 113 Å². The zero-order valence-electron chi connectivity index (χ0n) is 12.5. The Bertz CT molecular complexity index is 924. The molecule has 3 rings (SSSR count). The SMILES string of the molecule is O=C1NN(c2ccc(Cl)cc2)C(=O)C1=Cc1cc([N+](=O)[O-])ccc1O. The zero-order valence-corrected chi connectivity index (χ0v) is 13.2. The Labute approximate surface area is 146 Å². The summed E-state index contributed by atoms with van der Waals surface area (Å²) in [6, 6.07) is 9.54. The molecular weight excluding hydrogens is 350 g/mol. The van der Waals surface area contributed by atoms with Gasteiger partial charge in [0.15, 0.2) is 0 Å². The fourth-order valence-electron chi connectivity index (χ4n) is 2.26. The van der Waals surface area contributed by atoms with Gasteiger partial charge in [-0.05, 0) is 36.4 Å². The molecule has 0 bridgehead atoms. The third-order valence-corrected chi connectivity index (χ3v) is 3.75. The number of hydrogen-bond acceptors (Lipinski definition) is 5. The highest BCUT2D eigenvalue weighted by atomic mass is 35.5. The summed E-state index contributed by atoms with van der Waals surface area (Å²) in [6.45, 7) is 0. The van der Waals surface area contributed by atoms with E-state index in [-0.39, 0.29) is 22.6 Å². The summed E-state index contributed by atoms with van der Waals surface area (Å²) in [5, 5.41) is 22.2. The largest absolute Gasteiger partial charge is 0.507 e. The molecule has 0 saturated carbocycles. The average Bonchev–Trinajstić information content (AvgIpc) is 2.85. The molecule has 0 unspecified atom stereocenters. The van der Waals surface area contributed by atoms with Gasteiger partial charge in [0.2, 0.25) is 0 Å². The van der Waals surface area contributed by atoms with Gasteiger partial charge in [0.05, 0.1) is 10.6 Å². The minimum atomic E-state index is -0.689. The number of hydrazine groups is 1. The van der Waals surface area contributed by atoms with E-state index in [0.29, 0.717) is 10.7 Å². The van der Waals surface area contributed by atoms with E-state index >= 15 is 0 Å². The number of rotatable bonds is 3. The van der Waals surface area contributed by atoms with Crippen molar-refractivity contribution in [3.63, 3.8) is 0 Å². The molecule has 1 heterocycles. The third-order valence-electron chi connectivity index (χ3n) is 3.50. The molecule has 25 heavy (non-hydrogen) atoms. The number of phenolic OH excluding ortho intramolecular Hbond substituents is 1. The van der Waals surface area contributed by atoms with Gasteiger partial charge in [-0.1, -0.05) is 11.6 Å². The number of carbonyl (C=O) groups is 2. The van der Waals surface area contributed by atoms with Crippen LogP contribution in [0.2, 0.25) is 5.02 Å². The number of aromatic hydroxyl groups is 1. The number of anilines is 1. The maximum absolute atomic E-state index is 12.5. The van der Waals surface area contributed by atoms with Crippen molar-refractivity contribution in [1.29, 1.82) is 0 Å². The van der Waals surface area contributed by atoms with Crippen LogP contribution in [-0.2, 0) is 9.59 Å². The number of carbonyl (C=O) groups excluding carboxylic acids is 2. The maximum atomic E-state index is 12.5. The van der Waals surface area contributed by atoms with E-state index in [9.17, 15) is 24.8 Å². The first-order valence-corrected chi connectivity index (χ1v) is 7.35. The molecule has 0 atom stereocenters. The Balaban J connectivity index is 1.98. The van der Waals surface area contributed by atoms with Crippen LogP contribution in [0.15, 0.2) is 48.0 Å². The molecule has 0 spiro atoms. The minimum Gasteiger partial charge on any atom is -0.507 e. The van der Waals surface area contributed by atoms with Crippen LogP contribution in [0.1, 0.15) is 5.56 Å². The first-order valence-electron chi connectivity index (χ1n) is 6.97. The fraction of sp³-hybridized carbons (Fsp3) is 0. The van der Waals surface area contributed by atoms with Gasteiger partial charge in [-0.2, -0.15) is 0 Å². The quantitative estimate of drug-likeness (QED) is 0.378. The Hall–Kier alpha value is -3.39. The number of benzene rings is 2. The molecule has 2 aromatic carbocycles. The Morgan fingerprint density at radius 2 is 1.84 bits per heavy atom. The van der Waals surface area contributed by atoms with Gasteiger partial charge in [0.25, 0.3) is 17.5 Å². The van der Waals surface area contributed by atoms with E-state index < -0.39 is 16.7 Å². The molecule has 8 nitrogen and oxygen atoms in total. The molecule has 0 aliphatic carbocycles. The third kappa shape index (κ3) is 3.15. The molecule has 2 N–H and O–H groups in total. The van der Waals surface area contributed by atoms with Gasteiger partial charge in [0, 0.05) is 22.7 Å². The van der Waals surface area contributed by atoms with Crippen molar-refractivity contribution in [2.24, 2.45) is 0 Å². The van der Waals surface area contributed by atoms with E-state index in [4.69, 9.17) is 11.6 Å². The molecule has 0 radical (unpaired) electrons. The van der Waals surface area contributed by atoms with E-state index in [1.807, 2.05) is 0 Å². The van der Waals surface area contributed by atoms with Gasteiger partial charge in [-0.25, -0.2) is 5.01 Å². The van der Waals surface area contributed by atoms with Crippen LogP contribution in [0.5, 0.6) is 5.75 Å². The second-order valence-electron chi connectivity index (χ2n) is 5.12. The van der Waals surface area contributed by atoms with Crippen LogP contribution in [0.3, 0.4) is 0 Å². The van der Waals surface area contributed by atoms with E-state index in [1.54, 1.807) is 24.3 Å². The number of amides is 2. The van der Waals surface area contributed by atoms with Gasteiger partial charge < -0.3 is 5.11 Å². The second-order valence-corrected chi connectivity index (χ2v) is 5.55. The van der Waals surface area contributed by atoms with Crippen LogP contribution in [0.4, 0.5) is 11.4 Å². The lowest BCUT2D eigenvalue weighted by Crippen LogP contribution is -2.35. The summed E-state index contributed by atoms with van der Waals surface area (Å²) >= 11 is 5.79. The van der Waals surface area contributed by atoms with Crippen molar-refractivity contribution < 1.29 is 19.6 Å². The zero-order chi connectivity index (χ0) is 18.1. The van der Waals surface area contributed by atoms with E-state index in [2.05, 4.69) is 5.43 Å². The number of non-ortho nitro benzene ring substituents is 1. The Morgan fingerprint density at radius 1 is 1.16 bits per heavy atom. The number of nitrogens with zero attached hydrogens (tertiary/aromatic N) is 2. The number of phenols is 1. The van der Waals surface area contributed by atoms with Crippen molar-refractivity contribution in [2.75, 3.05) is 5.01 Å². The van der Waals surface area contributed by atoms with Crippen molar-refractivity contribution in [1.82, 2.24) is 5.43 Å². The van der Waals surface area contributed by atoms with Gasteiger partial charge in [-0.15, -0.1) is 0 Å². The summed E-state index contributed by atoms with van der Waals surface area (Å²) in [5.74, 6) is -1.63. The van der Waals surface area contributed by atoms with Gasteiger partial charge >= 0.3 is 0 Å². The van der Waals surface area contributed by atoms with Crippen LogP contribution >= 0.6 is 11.6 Å². The standard InChI is InChI=1S/C16H10ClN3O5/c17-10-1-3-11(4-2-10)19-16(23)13(15(22)18-19)8-9-7-12(20(24)25)5-6-14(9)21/h1-8,21H,(H,18,22). The predicted molar refractivity (Wildman–Crippen MR) is 89.8 cm³/mol. The molecular formula is C16H10ClN3O5. The lowest BCUT2D eigenvalue weighted by molar-refractivity contribution is -0.384. The molecule has 2 aromatic rings. The van der Waals surface area contributed by atoms with Crippen molar-refractivity contribution in [2.45, 2.75) is 0 Å². The Morgan fingerprint density at radius 3 is 2.48 bits per heavy atom. The lowest BCUT2D eigenvalue weighted by Gasteiger charge is -2.14. The van der Waals surface area contributed by atoms with Crippen LogP contribution in [-0.4, -0.2) is 21.8 Å². The monoisotopic (exact) mass is 359 g/mol. The Kier molecular flexibility index (Phi) is 4.12. The summed E-state index contributed by atoms with van der Waals surface area (Å²) in [6.07, 6.45) is 1.11. The highest BCUT2D eigenvalue weighted by Gasteiger charge is 2.34. The molecule has 2 amide bonds. The first kappa shape index (κ1) is 16.5. The van der Waals surface area contributed by atoms with Gasteiger partial charge in [0.1, 0.15) is 11.3 Å². The number of halogens is 1. The summed E-state index contributed by atoms with van der Waals surface area (Å²) in [4.78, 5) is 34.7. The normalized spacial score (nSPS) is 15.6. The van der Waals surface area contributed by atoms with Crippen LogP contribution in [0, 0.1) is 10.1 Å². The molecule has 1 fully saturated rings. The van der Waals surface area contributed by atoms with Gasteiger partial charge in [-0.3, -0.25) is 25.1 Å². The molecule has 9 heteroatoms. The minimum absolute atomic E-state index is 0.00865. The number of nitro benzene ring substituents is 1. The summed E-state index contributed by atoms with van der Waals surface area (Å²) in [5.41, 5.74) is 2.24. The fourth-order valence-corrected chi connectivity index (χ4v) is 2.38. The van der Waals surface area contributed by atoms with E-state index in [1.165, 1.54) is 0 Å². The highest BCUT2D eigenvalue weighted by molar-refractivity contribution is 6.32. The average molecular weight is 360 g/mol. The van der Waals surface area contributed by atoms with Crippen molar-refractivity contribution >= 4 is 40.9 Å². The molecule has 1 aliphatic heterocycles. The summed E-state index contributed by atoms with van der Waals surface area (Å²) < 4.78 is 0. The van der Waals surface area contributed by atoms with Crippen molar-refractivity contribution in [3.05, 3.63) is 68.7 Å². The highest BCUT2D eigenvalue weighted by Crippen LogP contribution is 2.28. The van der Waals surface area contributed by atoms with Crippen LogP contribution < -0.4 is 10.4 Å². The number of nitro groups is 1.